The number of carbonyl (C=O) groups excluding carboxylic acids is 1. The van der Waals surface area contributed by atoms with Crippen molar-refractivity contribution < 1.29 is 19.0 Å². The summed E-state index contributed by atoms with van der Waals surface area (Å²) in [4.78, 5) is 23.5. The standard InChI is InChI=1S/C14H15NO5/c1-18-10-4-5-11(19-2)14-13(10)9(16)6-7-15(14)8-12(17)20-3/h4-7H,8H2,1-3H3. The molecule has 0 bridgehead atoms. The van der Waals surface area contributed by atoms with Crippen molar-refractivity contribution in [1.29, 1.82) is 0 Å². The number of rotatable bonds is 4. The third kappa shape index (κ3) is 2.32. The van der Waals surface area contributed by atoms with Gasteiger partial charge in [0.15, 0.2) is 5.43 Å². The van der Waals surface area contributed by atoms with Gasteiger partial charge in [-0.05, 0) is 12.1 Å². The molecule has 2 aromatic rings. The van der Waals surface area contributed by atoms with Gasteiger partial charge in [0.25, 0.3) is 0 Å². The lowest BCUT2D eigenvalue weighted by molar-refractivity contribution is -0.141. The van der Waals surface area contributed by atoms with E-state index in [1.165, 1.54) is 33.6 Å². The molecular weight excluding hydrogens is 262 g/mol. The number of fused-ring (bicyclic) bond motifs is 1. The molecule has 0 spiro atoms. The van der Waals surface area contributed by atoms with Gasteiger partial charge in [0.1, 0.15) is 18.0 Å². The van der Waals surface area contributed by atoms with Crippen LogP contribution in [0.1, 0.15) is 0 Å². The van der Waals surface area contributed by atoms with Gasteiger partial charge in [-0.15, -0.1) is 0 Å². The molecule has 106 valence electrons. The van der Waals surface area contributed by atoms with Crippen molar-refractivity contribution in [3.8, 4) is 11.5 Å². The first-order valence-corrected chi connectivity index (χ1v) is 5.93. The Morgan fingerprint density at radius 1 is 1.10 bits per heavy atom. The Labute approximate surface area is 115 Å². The Morgan fingerprint density at radius 3 is 2.35 bits per heavy atom. The number of pyridine rings is 1. The van der Waals surface area contributed by atoms with Gasteiger partial charge in [0, 0.05) is 12.3 Å². The van der Waals surface area contributed by atoms with E-state index in [4.69, 9.17) is 9.47 Å². The van der Waals surface area contributed by atoms with E-state index in [1.807, 2.05) is 0 Å². The smallest absolute Gasteiger partial charge is 0.325 e. The molecule has 0 saturated heterocycles. The first-order chi connectivity index (χ1) is 9.62. The molecule has 6 heteroatoms. The number of ether oxygens (including phenoxy) is 3. The fourth-order valence-electron chi connectivity index (χ4n) is 2.06. The Kier molecular flexibility index (Phi) is 3.93. The van der Waals surface area contributed by atoms with Crippen LogP contribution in [0, 0.1) is 0 Å². The highest BCUT2D eigenvalue weighted by Crippen LogP contribution is 2.30. The molecular formula is C14H15NO5. The van der Waals surface area contributed by atoms with Gasteiger partial charge in [-0.25, -0.2) is 0 Å². The van der Waals surface area contributed by atoms with Crippen LogP contribution in [0.25, 0.3) is 10.9 Å². The summed E-state index contributed by atoms with van der Waals surface area (Å²) in [6.07, 6.45) is 1.53. The predicted octanol–water partition coefficient (Wildman–Crippen LogP) is 1.19. The average molecular weight is 277 g/mol. The number of hydrogen-bond acceptors (Lipinski definition) is 5. The van der Waals surface area contributed by atoms with Crippen LogP contribution in [-0.2, 0) is 16.1 Å². The molecule has 20 heavy (non-hydrogen) atoms. The number of hydrogen-bond donors (Lipinski definition) is 0. The van der Waals surface area contributed by atoms with E-state index in [1.54, 1.807) is 16.7 Å². The lowest BCUT2D eigenvalue weighted by atomic mass is 10.1. The summed E-state index contributed by atoms with van der Waals surface area (Å²) in [5.41, 5.74) is 0.307. The molecule has 1 aromatic carbocycles. The van der Waals surface area contributed by atoms with Crippen LogP contribution in [-0.4, -0.2) is 31.9 Å². The fourth-order valence-corrected chi connectivity index (χ4v) is 2.06. The molecule has 0 radical (unpaired) electrons. The maximum absolute atomic E-state index is 12.1. The normalized spacial score (nSPS) is 10.3. The molecule has 0 aliphatic carbocycles. The van der Waals surface area contributed by atoms with E-state index in [-0.39, 0.29) is 12.0 Å². The van der Waals surface area contributed by atoms with Crippen molar-refractivity contribution in [2.75, 3.05) is 21.3 Å². The summed E-state index contributed by atoms with van der Waals surface area (Å²) >= 11 is 0. The topological polar surface area (TPSA) is 66.8 Å². The minimum Gasteiger partial charge on any atom is -0.496 e. The molecule has 0 unspecified atom stereocenters. The molecule has 1 heterocycles. The monoisotopic (exact) mass is 277 g/mol. The van der Waals surface area contributed by atoms with Crippen molar-refractivity contribution >= 4 is 16.9 Å². The summed E-state index contributed by atoms with van der Waals surface area (Å²) in [6.45, 7) is -0.0171. The van der Waals surface area contributed by atoms with E-state index in [2.05, 4.69) is 4.74 Å². The number of esters is 1. The Morgan fingerprint density at radius 2 is 1.75 bits per heavy atom. The van der Waals surface area contributed by atoms with Crippen molar-refractivity contribution in [3.05, 3.63) is 34.6 Å². The fraction of sp³-hybridized carbons (Fsp3) is 0.286. The van der Waals surface area contributed by atoms with E-state index in [0.29, 0.717) is 22.4 Å². The molecule has 0 atom stereocenters. The molecule has 0 fully saturated rings. The molecule has 2 rings (SSSR count). The van der Waals surface area contributed by atoms with Gasteiger partial charge in [-0.1, -0.05) is 0 Å². The lowest BCUT2D eigenvalue weighted by Gasteiger charge is -2.14. The second kappa shape index (κ2) is 5.64. The van der Waals surface area contributed by atoms with Gasteiger partial charge in [-0.2, -0.15) is 0 Å². The highest BCUT2D eigenvalue weighted by atomic mass is 16.5. The van der Waals surface area contributed by atoms with E-state index >= 15 is 0 Å². The Balaban J connectivity index is 2.80. The minimum absolute atomic E-state index is 0.0171. The zero-order valence-corrected chi connectivity index (χ0v) is 11.5. The first-order valence-electron chi connectivity index (χ1n) is 5.93. The largest absolute Gasteiger partial charge is 0.496 e. The van der Waals surface area contributed by atoms with Crippen LogP contribution in [0.2, 0.25) is 0 Å². The van der Waals surface area contributed by atoms with Crippen LogP contribution in [0.5, 0.6) is 11.5 Å². The quantitative estimate of drug-likeness (QED) is 0.785. The number of carbonyl (C=O) groups is 1. The zero-order valence-electron chi connectivity index (χ0n) is 11.5. The van der Waals surface area contributed by atoms with Gasteiger partial charge in [0.2, 0.25) is 0 Å². The number of methoxy groups -OCH3 is 3. The van der Waals surface area contributed by atoms with E-state index in [0.717, 1.165) is 0 Å². The zero-order chi connectivity index (χ0) is 14.7. The Bertz CT molecular complexity index is 705. The number of nitrogens with zero attached hydrogens (tertiary/aromatic N) is 1. The van der Waals surface area contributed by atoms with Crippen LogP contribution in [0.15, 0.2) is 29.2 Å². The predicted molar refractivity (Wildman–Crippen MR) is 73.3 cm³/mol. The van der Waals surface area contributed by atoms with Gasteiger partial charge in [0.05, 0.1) is 32.2 Å². The SMILES string of the molecule is COC(=O)Cn1ccc(=O)c2c(OC)ccc(OC)c21. The summed E-state index contributed by atoms with van der Waals surface area (Å²) in [7, 11) is 4.30. The van der Waals surface area contributed by atoms with Crippen molar-refractivity contribution in [1.82, 2.24) is 4.57 Å². The lowest BCUT2D eigenvalue weighted by Crippen LogP contribution is -2.16. The maximum atomic E-state index is 12.1. The second-order valence-electron chi connectivity index (χ2n) is 4.08. The highest BCUT2D eigenvalue weighted by Gasteiger charge is 2.15. The third-order valence-corrected chi connectivity index (χ3v) is 3.01. The van der Waals surface area contributed by atoms with Crippen molar-refractivity contribution in [2.24, 2.45) is 0 Å². The van der Waals surface area contributed by atoms with Crippen LogP contribution in [0.4, 0.5) is 0 Å². The maximum Gasteiger partial charge on any atom is 0.325 e. The van der Waals surface area contributed by atoms with Gasteiger partial charge < -0.3 is 18.8 Å². The van der Waals surface area contributed by atoms with Crippen LogP contribution < -0.4 is 14.9 Å². The van der Waals surface area contributed by atoms with E-state index in [9.17, 15) is 9.59 Å². The molecule has 0 N–H and O–H groups in total. The first kappa shape index (κ1) is 13.9. The molecule has 0 amide bonds. The molecule has 0 aliphatic heterocycles. The van der Waals surface area contributed by atoms with Crippen LogP contribution >= 0.6 is 0 Å². The summed E-state index contributed by atoms with van der Waals surface area (Å²) in [5, 5.41) is 0.373. The molecule has 6 nitrogen and oxygen atoms in total. The van der Waals surface area contributed by atoms with E-state index < -0.39 is 5.97 Å². The third-order valence-electron chi connectivity index (χ3n) is 3.01. The molecule has 0 aliphatic rings. The van der Waals surface area contributed by atoms with Gasteiger partial charge >= 0.3 is 5.97 Å². The second-order valence-corrected chi connectivity index (χ2v) is 4.08. The van der Waals surface area contributed by atoms with Crippen molar-refractivity contribution in [2.45, 2.75) is 6.54 Å². The van der Waals surface area contributed by atoms with Gasteiger partial charge in [-0.3, -0.25) is 9.59 Å². The minimum atomic E-state index is -0.417. The number of aromatic nitrogens is 1. The Hall–Kier alpha value is -2.50. The molecule has 0 saturated carbocycles. The highest BCUT2D eigenvalue weighted by molar-refractivity contribution is 5.91. The average Bonchev–Trinajstić information content (AvgIpc) is 2.48. The van der Waals surface area contributed by atoms with Crippen molar-refractivity contribution in [3.63, 3.8) is 0 Å². The summed E-state index contributed by atoms with van der Waals surface area (Å²) in [6, 6.07) is 4.73. The number of benzene rings is 1. The summed E-state index contributed by atoms with van der Waals surface area (Å²) in [5.74, 6) is 0.507. The molecule has 1 aromatic heterocycles. The van der Waals surface area contributed by atoms with Crippen LogP contribution in [0.3, 0.4) is 0 Å². The summed E-state index contributed by atoms with van der Waals surface area (Å²) < 4.78 is 16.7.